The zero-order valence-electron chi connectivity index (χ0n) is 10.6. The number of nitrogens with zero attached hydrogens (tertiary/aromatic N) is 1. The third kappa shape index (κ3) is 4.03. The molecule has 0 radical (unpaired) electrons. The lowest BCUT2D eigenvalue weighted by Gasteiger charge is -2.32. The van der Waals surface area contributed by atoms with Crippen LogP contribution >= 0.6 is 0 Å². The zero-order chi connectivity index (χ0) is 13.5. The lowest BCUT2D eigenvalue weighted by molar-refractivity contribution is -0.139. The summed E-state index contributed by atoms with van der Waals surface area (Å²) in [6.45, 7) is 4.66. The number of hydrogen-bond donors (Lipinski definition) is 2. The summed E-state index contributed by atoms with van der Waals surface area (Å²) >= 11 is 0. The second-order valence-electron chi connectivity index (χ2n) is 4.29. The van der Waals surface area contributed by atoms with E-state index >= 15 is 0 Å². The number of nitrogens with one attached hydrogen (secondary N) is 1. The fourth-order valence-corrected chi connectivity index (χ4v) is 1.92. The molecule has 0 spiro atoms. The molecule has 1 fully saturated rings. The van der Waals surface area contributed by atoms with Gasteiger partial charge in [0.15, 0.2) is 0 Å². The molecule has 1 aliphatic rings. The number of carbonyl (C=O) groups is 2. The van der Waals surface area contributed by atoms with Crippen LogP contribution in [-0.2, 0) is 9.53 Å². The smallest absolute Gasteiger partial charge is 0.326 e. The van der Waals surface area contributed by atoms with E-state index in [1.54, 1.807) is 12.0 Å². The van der Waals surface area contributed by atoms with Gasteiger partial charge in [-0.3, -0.25) is 0 Å². The first kappa shape index (κ1) is 14.5. The van der Waals surface area contributed by atoms with Gasteiger partial charge in [-0.15, -0.1) is 6.58 Å². The fourth-order valence-electron chi connectivity index (χ4n) is 1.92. The van der Waals surface area contributed by atoms with Crippen molar-refractivity contribution in [3.05, 3.63) is 12.7 Å². The van der Waals surface area contributed by atoms with E-state index in [4.69, 9.17) is 9.84 Å². The molecule has 1 saturated heterocycles. The number of piperidine rings is 1. The van der Waals surface area contributed by atoms with Crippen LogP contribution in [0, 0.1) is 0 Å². The van der Waals surface area contributed by atoms with E-state index in [9.17, 15) is 9.59 Å². The number of carboxylic acid groups (broad SMARTS) is 1. The van der Waals surface area contributed by atoms with Crippen molar-refractivity contribution >= 4 is 12.0 Å². The SMILES string of the molecule is C=CCC(NC(=O)N1CCC(OC)CC1)C(=O)O. The minimum absolute atomic E-state index is 0.192. The van der Waals surface area contributed by atoms with Crippen molar-refractivity contribution in [2.24, 2.45) is 0 Å². The topological polar surface area (TPSA) is 78.9 Å². The summed E-state index contributed by atoms with van der Waals surface area (Å²) in [7, 11) is 1.66. The van der Waals surface area contributed by atoms with Crippen molar-refractivity contribution in [3.63, 3.8) is 0 Å². The van der Waals surface area contributed by atoms with Gasteiger partial charge in [-0.25, -0.2) is 9.59 Å². The van der Waals surface area contributed by atoms with Crippen molar-refractivity contribution in [2.75, 3.05) is 20.2 Å². The molecule has 6 heteroatoms. The van der Waals surface area contributed by atoms with Crippen molar-refractivity contribution in [2.45, 2.75) is 31.4 Å². The van der Waals surface area contributed by atoms with Gasteiger partial charge in [0, 0.05) is 20.2 Å². The van der Waals surface area contributed by atoms with Crippen LogP contribution in [0.25, 0.3) is 0 Å². The summed E-state index contributed by atoms with van der Waals surface area (Å²) in [5.74, 6) is -1.05. The molecule has 1 rings (SSSR count). The number of hydrogen-bond acceptors (Lipinski definition) is 3. The first-order chi connectivity index (χ1) is 8.58. The highest BCUT2D eigenvalue weighted by molar-refractivity contribution is 5.82. The molecule has 0 saturated carbocycles. The van der Waals surface area contributed by atoms with Crippen LogP contribution < -0.4 is 5.32 Å². The predicted octanol–water partition coefficient (Wildman–Crippen LogP) is 0.836. The molecule has 1 heterocycles. The van der Waals surface area contributed by atoms with E-state index in [1.807, 2.05) is 0 Å². The first-order valence-electron chi connectivity index (χ1n) is 6.00. The number of ether oxygens (including phenoxy) is 1. The average molecular weight is 256 g/mol. The highest BCUT2D eigenvalue weighted by Crippen LogP contribution is 2.13. The third-order valence-electron chi connectivity index (χ3n) is 3.06. The summed E-state index contributed by atoms with van der Waals surface area (Å²) in [6, 6.07) is -1.24. The molecule has 102 valence electrons. The predicted molar refractivity (Wildman–Crippen MR) is 66.4 cm³/mol. The Morgan fingerprint density at radius 2 is 2.17 bits per heavy atom. The molecule has 18 heavy (non-hydrogen) atoms. The normalized spacial score (nSPS) is 18.2. The second kappa shape index (κ2) is 7.00. The van der Waals surface area contributed by atoms with Crippen molar-refractivity contribution < 1.29 is 19.4 Å². The summed E-state index contributed by atoms with van der Waals surface area (Å²) in [5.41, 5.74) is 0. The van der Waals surface area contributed by atoms with Gasteiger partial charge >= 0.3 is 12.0 Å². The third-order valence-corrected chi connectivity index (χ3v) is 3.06. The Labute approximate surface area is 107 Å². The lowest BCUT2D eigenvalue weighted by Crippen LogP contribution is -2.50. The molecule has 1 unspecified atom stereocenters. The van der Waals surface area contributed by atoms with Crippen LogP contribution in [0.2, 0.25) is 0 Å². The lowest BCUT2D eigenvalue weighted by atomic mass is 10.1. The Kier molecular flexibility index (Phi) is 5.64. The Morgan fingerprint density at radius 1 is 1.56 bits per heavy atom. The van der Waals surface area contributed by atoms with Crippen LogP contribution in [0.15, 0.2) is 12.7 Å². The van der Waals surface area contributed by atoms with Crippen molar-refractivity contribution in [1.82, 2.24) is 10.2 Å². The van der Waals surface area contributed by atoms with Crippen LogP contribution in [-0.4, -0.2) is 54.4 Å². The van der Waals surface area contributed by atoms with E-state index in [0.29, 0.717) is 13.1 Å². The van der Waals surface area contributed by atoms with Crippen molar-refractivity contribution in [1.29, 1.82) is 0 Å². The number of likely N-dealkylation sites (tertiary alicyclic amines) is 1. The van der Waals surface area contributed by atoms with Crippen LogP contribution in [0.1, 0.15) is 19.3 Å². The van der Waals surface area contributed by atoms with Gasteiger partial charge in [-0.05, 0) is 19.3 Å². The molecule has 0 aromatic heterocycles. The molecule has 1 atom stereocenters. The van der Waals surface area contributed by atoms with Crippen LogP contribution in [0.5, 0.6) is 0 Å². The molecule has 2 N–H and O–H groups in total. The van der Waals surface area contributed by atoms with Gasteiger partial charge in [0.1, 0.15) is 6.04 Å². The molecule has 1 aliphatic heterocycles. The average Bonchev–Trinajstić information content (AvgIpc) is 2.38. The van der Waals surface area contributed by atoms with E-state index in [0.717, 1.165) is 12.8 Å². The first-order valence-corrected chi connectivity index (χ1v) is 6.00. The maximum Gasteiger partial charge on any atom is 0.326 e. The number of amides is 2. The summed E-state index contributed by atoms with van der Waals surface area (Å²) in [4.78, 5) is 24.4. The number of rotatable bonds is 5. The minimum atomic E-state index is -1.05. The number of carboxylic acids is 1. The maximum atomic E-state index is 11.9. The number of carbonyl (C=O) groups excluding carboxylic acids is 1. The highest BCUT2D eigenvalue weighted by Gasteiger charge is 2.25. The van der Waals surface area contributed by atoms with Crippen molar-refractivity contribution in [3.8, 4) is 0 Å². The van der Waals surface area contributed by atoms with Gasteiger partial charge in [0.05, 0.1) is 6.10 Å². The Bertz CT molecular complexity index is 311. The van der Waals surface area contributed by atoms with Gasteiger partial charge in [0.25, 0.3) is 0 Å². The summed E-state index contributed by atoms with van der Waals surface area (Å²) in [5, 5.41) is 11.4. The zero-order valence-corrected chi connectivity index (χ0v) is 10.6. The monoisotopic (exact) mass is 256 g/mol. The molecule has 0 aromatic carbocycles. The highest BCUT2D eigenvalue weighted by atomic mass is 16.5. The standard InChI is InChI=1S/C12H20N2O4/c1-3-4-10(11(15)16)13-12(17)14-7-5-9(18-2)6-8-14/h3,9-10H,1,4-8H2,2H3,(H,13,17)(H,15,16). The summed E-state index contributed by atoms with van der Waals surface area (Å²) < 4.78 is 5.21. The Hall–Kier alpha value is -1.56. The van der Waals surface area contributed by atoms with Crippen LogP contribution in [0.4, 0.5) is 4.79 Å². The fraction of sp³-hybridized carbons (Fsp3) is 0.667. The minimum Gasteiger partial charge on any atom is -0.480 e. The number of aliphatic carboxylic acids is 1. The van der Waals surface area contributed by atoms with Gasteiger partial charge in [-0.2, -0.15) is 0 Å². The van der Waals surface area contributed by atoms with E-state index in [-0.39, 0.29) is 18.6 Å². The van der Waals surface area contributed by atoms with E-state index in [2.05, 4.69) is 11.9 Å². The van der Waals surface area contributed by atoms with E-state index in [1.165, 1.54) is 6.08 Å². The maximum absolute atomic E-state index is 11.9. The van der Waals surface area contributed by atoms with Gasteiger partial charge in [-0.1, -0.05) is 6.08 Å². The van der Waals surface area contributed by atoms with E-state index < -0.39 is 12.0 Å². The quantitative estimate of drug-likeness (QED) is 0.714. The number of methoxy groups -OCH3 is 1. The molecular formula is C12H20N2O4. The molecule has 6 nitrogen and oxygen atoms in total. The molecule has 0 aromatic rings. The summed E-state index contributed by atoms with van der Waals surface area (Å²) in [6.07, 6.45) is 3.45. The largest absolute Gasteiger partial charge is 0.480 e. The number of urea groups is 1. The van der Waals surface area contributed by atoms with Gasteiger partial charge < -0.3 is 20.1 Å². The Morgan fingerprint density at radius 3 is 2.61 bits per heavy atom. The second-order valence-corrected chi connectivity index (χ2v) is 4.29. The van der Waals surface area contributed by atoms with Gasteiger partial charge in [0.2, 0.25) is 0 Å². The molecule has 0 aliphatic carbocycles. The Balaban J connectivity index is 2.45. The molecular weight excluding hydrogens is 236 g/mol. The van der Waals surface area contributed by atoms with Crippen LogP contribution in [0.3, 0.4) is 0 Å². The molecule has 2 amide bonds. The molecule has 0 bridgehead atoms.